The van der Waals surface area contributed by atoms with Gasteiger partial charge in [-0.25, -0.2) is 0 Å². The third-order valence-electron chi connectivity index (χ3n) is 2.96. The van der Waals surface area contributed by atoms with Gasteiger partial charge in [-0.2, -0.15) is 11.3 Å². The maximum absolute atomic E-state index is 5.46. The zero-order chi connectivity index (χ0) is 12.8. The second kappa shape index (κ2) is 6.57. The van der Waals surface area contributed by atoms with Crippen molar-refractivity contribution in [1.82, 2.24) is 5.32 Å². The van der Waals surface area contributed by atoms with Crippen molar-refractivity contribution in [2.24, 2.45) is 0 Å². The van der Waals surface area contributed by atoms with Gasteiger partial charge in [0.1, 0.15) is 5.75 Å². The first-order valence-electron chi connectivity index (χ1n) is 6.24. The van der Waals surface area contributed by atoms with Crippen LogP contribution < -0.4 is 10.1 Å². The molecule has 0 aliphatic heterocycles. The van der Waals surface area contributed by atoms with Crippen LogP contribution in [0.5, 0.6) is 5.75 Å². The number of hydrogen-bond donors (Lipinski definition) is 1. The lowest BCUT2D eigenvalue weighted by molar-refractivity contribution is 0.340. The van der Waals surface area contributed by atoms with E-state index in [1.165, 1.54) is 11.1 Å². The molecule has 0 amide bonds. The minimum Gasteiger partial charge on any atom is -0.494 e. The highest BCUT2D eigenvalue weighted by atomic mass is 32.1. The summed E-state index contributed by atoms with van der Waals surface area (Å²) >= 11 is 1.75. The molecule has 2 nitrogen and oxygen atoms in total. The molecular weight excluding hydrogens is 242 g/mol. The van der Waals surface area contributed by atoms with Gasteiger partial charge in [-0.1, -0.05) is 12.1 Å². The third-order valence-corrected chi connectivity index (χ3v) is 3.69. The average Bonchev–Trinajstić information content (AvgIpc) is 2.90. The molecule has 0 saturated carbocycles. The Labute approximate surface area is 113 Å². The fourth-order valence-corrected chi connectivity index (χ4v) is 2.68. The lowest BCUT2D eigenvalue weighted by Crippen LogP contribution is -2.18. The quantitative estimate of drug-likeness (QED) is 0.857. The predicted molar refractivity (Wildman–Crippen MR) is 77.4 cm³/mol. The Morgan fingerprint density at radius 2 is 2.00 bits per heavy atom. The van der Waals surface area contributed by atoms with Crippen molar-refractivity contribution in [1.29, 1.82) is 0 Å². The molecule has 1 aromatic heterocycles. The molecule has 2 rings (SSSR count). The first-order chi connectivity index (χ1) is 8.83. The van der Waals surface area contributed by atoms with Crippen LogP contribution >= 0.6 is 11.3 Å². The highest BCUT2D eigenvalue weighted by molar-refractivity contribution is 7.07. The Hall–Kier alpha value is -1.32. The van der Waals surface area contributed by atoms with E-state index in [-0.39, 0.29) is 0 Å². The van der Waals surface area contributed by atoms with Crippen molar-refractivity contribution in [2.75, 3.05) is 13.7 Å². The summed E-state index contributed by atoms with van der Waals surface area (Å²) in [5, 5.41) is 7.70. The summed E-state index contributed by atoms with van der Waals surface area (Å²) < 4.78 is 5.46. The molecule has 3 heteroatoms. The third kappa shape index (κ3) is 3.34. The SMILES string of the molecule is CCOc1ccc(C(Cc2ccsc2)NC)cc1. The zero-order valence-electron chi connectivity index (χ0n) is 10.8. The lowest BCUT2D eigenvalue weighted by atomic mass is 10.0. The fraction of sp³-hybridized carbons (Fsp3) is 0.333. The van der Waals surface area contributed by atoms with Crippen LogP contribution in [0.4, 0.5) is 0 Å². The molecule has 0 fully saturated rings. The standard InChI is InChI=1S/C15H19NOS/c1-3-17-14-6-4-13(5-7-14)15(16-2)10-12-8-9-18-11-12/h4-9,11,15-16H,3,10H2,1-2H3. The summed E-state index contributed by atoms with van der Waals surface area (Å²) in [4.78, 5) is 0. The maximum atomic E-state index is 5.46. The number of likely N-dealkylation sites (N-methyl/N-ethyl adjacent to an activating group) is 1. The monoisotopic (exact) mass is 261 g/mol. The van der Waals surface area contributed by atoms with Gasteiger partial charge in [0.2, 0.25) is 0 Å². The largest absolute Gasteiger partial charge is 0.494 e. The van der Waals surface area contributed by atoms with Crippen LogP contribution in [0.1, 0.15) is 24.1 Å². The molecule has 0 aliphatic rings. The van der Waals surface area contributed by atoms with Gasteiger partial charge in [0, 0.05) is 6.04 Å². The van der Waals surface area contributed by atoms with Crippen molar-refractivity contribution < 1.29 is 4.74 Å². The second-order valence-corrected chi connectivity index (χ2v) is 4.96. The second-order valence-electron chi connectivity index (χ2n) is 4.18. The summed E-state index contributed by atoms with van der Waals surface area (Å²) in [6.07, 6.45) is 1.02. The Bertz CT molecular complexity index is 450. The van der Waals surface area contributed by atoms with Gasteiger partial charge < -0.3 is 10.1 Å². The Morgan fingerprint density at radius 1 is 1.22 bits per heavy atom. The van der Waals surface area contributed by atoms with Gasteiger partial charge >= 0.3 is 0 Å². The van der Waals surface area contributed by atoms with Gasteiger partial charge in [0.15, 0.2) is 0 Å². The molecule has 0 spiro atoms. The van der Waals surface area contributed by atoms with Crippen LogP contribution in [0.25, 0.3) is 0 Å². The van der Waals surface area contributed by atoms with Crippen molar-refractivity contribution >= 4 is 11.3 Å². The van der Waals surface area contributed by atoms with Crippen molar-refractivity contribution in [3.63, 3.8) is 0 Å². The molecule has 1 N–H and O–H groups in total. The molecule has 0 radical (unpaired) electrons. The summed E-state index contributed by atoms with van der Waals surface area (Å²) in [6.45, 7) is 2.71. The molecule has 1 aromatic carbocycles. The highest BCUT2D eigenvalue weighted by Gasteiger charge is 2.10. The van der Waals surface area contributed by atoms with Crippen molar-refractivity contribution in [3.05, 3.63) is 52.2 Å². The molecule has 2 aromatic rings. The van der Waals surface area contributed by atoms with Gasteiger partial charge in [-0.15, -0.1) is 0 Å². The van der Waals surface area contributed by atoms with Gasteiger partial charge in [0.25, 0.3) is 0 Å². The van der Waals surface area contributed by atoms with Crippen LogP contribution in [0.2, 0.25) is 0 Å². The van der Waals surface area contributed by atoms with Crippen molar-refractivity contribution in [3.8, 4) is 5.75 Å². The molecule has 1 atom stereocenters. The summed E-state index contributed by atoms with van der Waals surface area (Å²) in [5.74, 6) is 0.937. The number of rotatable bonds is 6. The van der Waals surface area contributed by atoms with Gasteiger partial charge in [0.05, 0.1) is 6.61 Å². The molecular formula is C15H19NOS. The van der Waals surface area contributed by atoms with E-state index in [1.54, 1.807) is 11.3 Å². The smallest absolute Gasteiger partial charge is 0.119 e. The Kier molecular flexibility index (Phi) is 4.79. The normalized spacial score (nSPS) is 12.3. The van der Waals surface area contributed by atoms with Crippen LogP contribution in [-0.4, -0.2) is 13.7 Å². The molecule has 0 saturated heterocycles. The number of thiophene rings is 1. The van der Waals surface area contributed by atoms with E-state index < -0.39 is 0 Å². The molecule has 1 unspecified atom stereocenters. The number of benzene rings is 1. The van der Waals surface area contributed by atoms with E-state index in [0.29, 0.717) is 12.6 Å². The minimum atomic E-state index is 0.357. The van der Waals surface area contributed by atoms with E-state index in [4.69, 9.17) is 4.74 Å². The Morgan fingerprint density at radius 3 is 2.56 bits per heavy atom. The van der Waals surface area contributed by atoms with E-state index in [2.05, 4.69) is 34.3 Å². The molecule has 1 heterocycles. The van der Waals surface area contributed by atoms with Crippen LogP contribution in [0.3, 0.4) is 0 Å². The zero-order valence-corrected chi connectivity index (χ0v) is 11.7. The summed E-state index contributed by atoms with van der Waals surface area (Å²) in [7, 11) is 2.01. The van der Waals surface area contributed by atoms with Crippen LogP contribution in [-0.2, 0) is 6.42 Å². The molecule has 0 aliphatic carbocycles. The number of hydrogen-bond acceptors (Lipinski definition) is 3. The lowest BCUT2D eigenvalue weighted by Gasteiger charge is -2.16. The van der Waals surface area contributed by atoms with Crippen molar-refractivity contribution in [2.45, 2.75) is 19.4 Å². The Balaban J connectivity index is 2.07. The summed E-state index contributed by atoms with van der Waals surface area (Å²) in [6, 6.07) is 10.9. The number of ether oxygens (including phenoxy) is 1. The molecule has 0 bridgehead atoms. The number of nitrogens with one attached hydrogen (secondary N) is 1. The average molecular weight is 261 g/mol. The molecule has 96 valence electrons. The summed E-state index contributed by atoms with van der Waals surface area (Å²) in [5.41, 5.74) is 2.68. The fourth-order valence-electron chi connectivity index (χ4n) is 1.99. The van der Waals surface area contributed by atoms with E-state index in [9.17, 15) is 0 Å². The van der Waals surface area contributed by atoms with Gasteiger partial charge in [-0.05, 0) is 60.5 Å². The highest BCUT2D eigenvalue weighted by Crippen LogP contribution is 2.22. The van der Waals surface area contributed by atoms with Crippen LogP contribution in [0, 0.1) is 0 Å². The first-order valence-corrected chi connectivity index (χ1v) is 7.19. The minimum absolute atomic E-state index is 0.357. The first kappa shape index (κ1) is 13.1. The van der Waals surface area contributed by atoms with Gasteiger partial charge in [-0.3, -0.25) is 0 Å². The van der Waals surface area contributed by atoms with E-state index in [0.717, 1.165) is 12.2 Å². The topological polar surface area (TPSA) is 21.3 Å². The maximum Gasteiger partial charge on any atom is 0.119 e. The van der Waals surface area contributed by atoms with E-state index in [1.807, 2.05) is 26.1 Å². The predicted octanol–water partition coefficient (Wildman–Crippen LogP) is 3.65. The molecule has 18 heavy (non-hydrogen) atoms. The van der Waals surface area contributed by atoms with Crippen LogP contribution in [0.15, 0.2) is 41.1 Å². The van der Waals surface area contributed by atoms with E-state index >= 15 is 0 Å².